The van der Waals surface area contributed by atoms with Crippen LogP contribution in [0.5, 0.6) is 0 Å². The van der Waals surface area contributed by atoms with E-state index < -0.39 is 0 Å². The van der Waals surface area contributed by atoms with Crippen LogP contribution in [-0.4, -0.2) is 27.9 Å². The Morgan fingerprint density at radius 2 is 2.21 bits per heavy atom. The number of rotatable bonds is 4. The summed E-state index contributed by atoms with van der Waals surface area (Å²) in [7, 11) is 0. The van der Waals surface area contributed by atoms with Crippen molar-refractivity contribution in [3.05, 3.63) is 11.4 Å². The van der Waals surface area contributed by atoms with Crippen molar-refractivity contribution in [2.24, 2.45) is 5.92 Å². The number of aryl methyl sites for hydroxylation is 1. The second-order valence-electron chi connectivity index (χ2n) is 3.70. The van der Waals surface area contributed by atoms with Crippen LogP contribution >= 0.6 is 0 Å². The van der Waals surface area contributed by atoms with Crippen LogP contribution in [0, 0.1) is 12.8 Å². The lowest BCUT2D eigenvalue weighted by Gasteiger charge is -2.05. The van der Waals surface area contributed by atoms with Gasteiger partial charge < -0.3 is 5.32 Å². The van der Waals surface area contributed by atoms with E-state index in [1.165, 1.54) is 0 Å². The van der Waals surface area contributed by atoms with Crippen molar-refractivity contribution in [2.45, 2.75) is 27.2 Å². The number of amides is 1. The molecule has 14 heavy (non-hydrogen) atoms. The third-order valence-electron chi connectivity index (χ3n) is 1.94. The number of carbonyl (C=O) groups is 1. The highest BCUT2D eigenvalue weighted by molar-refractivity contribution is 5.92. The largest absolute Gasteiger partial charge is 0.351 e. The van der Waals surface area contributed by atoms with Gasteiger partial charge in [-0.2, -0.15) is 15.4 Å². The van der Waals surface area contributed by atoms with E-state index in [1.807, 2.05) is 0 Å². The van der Waals surface area contributed by atoms with Gasteiger partial charge in [0.25, 0.3) is 5.91 Å². The van der Waals surface area contributed by atoms with Gasteiger partial charge in [-0.25, -0.2) is 0 Å². The minimum Gasteiger partial charge on any atom is -0.351 e. The van der Waals surface area contributed by atoms with Gasteiger partial charge >= 0.3 is 0 Å². The number of hydrogen-bond donors (Lipinski definition) is 2. The van der Waals surface area contributed by atoms with Crippen molar-refractivity contribution in [3.8, 4) is 0 Å². The molecule has 2 N–H and O–H groups in total. The summed E-state index contributed by atoms with van der Waals surface area (Å²) >= 11 is 0. The number of aromatic nitrogens is 3. The summed E-state index contributed by atoms with van der Waals surface area (Å²) in [5.74, 6) is 0.436. The maximum absolute atomic E-state index is 11.5. The second kappa shape index (κ2) is 4.74. The Labute approximate surface area is 83.3 Å². The molecule has 0 atom stereocenters. The van der Waals surface area contributed by atoms with E-state index in [4.69, 9.17) is 0 Å². The monoisotopic (exact) mass is 196 g/mol. The number of aromatic amines is 1. The van der Waals surface area contributed by atoms with E-state index in [-0.39, 0.29) is 5.91 Å². The van der Waals surface area contributed by atoms with Crippen LogP contribution in [0.1, 0.15) is 36.5 Å². The molecule has 0 aliphatic rings. The first-order valence-corrected chi connectivity index (χ1v) is 4.77. The average molecular weight is 196 g/mol. The van der Waals surface area contributed by atoms with Gasteiger partial charge in [-0.3, -0.25) is 4.79 Å². The van der Waals surface area contributed by atoms with Crippen LogP contribution in [0.15, 0.2) is 0 Å². The molecule has 0 radical (unpaired) electrons. The predicted molar refractivity (Wildman–Crippen MR) is 52.9 cm³/mol. The summed E-state index contributed by atoms with van der Waals surface area (Å²) in [5, 5.41) is 12.8. The van der Waals surface area contributed by atoms with Crippen LogP contribution in [0.4, 0.5) is 0 Å². The molecule has 1 amide bonds. The van der Waals surface area contributed by atoms with Crippen LogP contribution in [0.25, 0.3) is 0 Å². The normalized spacial score (nSPS) is 10.6. The van der Waals surface area contributed by atoms with Crippen molar-refractivity contribution >= 4 is 5.91 Å². The molecule has 0 unspecified atom stereocenters. The van der Waals surface area contributed by atoms with E-state index in [9.17, 15) is 4.79 Å². The molecule has 1 rings (SSSR count). The summed E-state index contributed by atoms with van der Waals surface area (Å²) in [4.78, 5) is 11.5. The maximum Gasteiger partial charge on any atom is 0.273 e. The van der Waals surface area contributed by atoms with Crippen molar-refractivity contribution in [1.82, 2.24) is 20.7 Å². The molecule has 0 saturated carbocycles. The first kappa shape index (κ1) is 10.7. The molecule has 0 fully saturated rings. The molecular weight excluding hydrogens is 180 g/mol. The molecule has 0 aromatic carbocycles. The van der Waals surface area contributed by atoms with Gasteiger partial charge in [-0.05, 0) is 19.3 Å². The summed E-state index contributed by atoms with van der Waals surface area (Å²) in [6, 6.07) is 0. The van der Waals surface area contributed by atoms with Gasteiger partial charge in [0.15, 0.2) is 5.69 Å². The minimum absolute atomic E-state index is 0.156. The van der Waals surface area contributed by atoms with E-state index >= 15 is 0 Å². The molecular formula is C9H16N4O. The highest BCUT2D eigenvalue weighted by atomic mass is 16.2. The zero-order chi connectivity index (χ0) is 10.6. The fourth-order valence-electron chi connectivity index (χ4n) is 1.06. The number of H-pyrrole nitrogens is 1. The molecule has 1 aromatic rings. The highest BCUT2D eigenvalue weighted by Gasteiger charge is 2.11. The molecule has 0 spiro atoms. The lowest BCUT2D eigenvalue weighted by atomic mass is 10.1. The van der Waals surface area contributed by atoms with Crippen LogP contribution < -0.4 is 5.32 Å². The number of carbonyl (C=O) groups excluding carboxylic acids is 1. The molecule has 1 heterocycles. The molecule has 0 bridgehead atoms. The lowest BCUT2D eigenvalue weighted by Crippen LogP contribution is -2.26. The molecule has 0 aliphatic heterocycles. The summed E-state index contributed by atoms with van der Waals surface area (Å²) in [6.07, 6.45) is 0.975. The number of hydrogen-bond acceptors (Lipinski definition) is 3. The van der Waals surface area contributed by atoms with Crippen molar-refractivity contribution in [2.75, 3.05) is 6.54 Å². The zero-order valence-electron chi connectivity index (χ0n) is 8.79. The Morgan fingerprint density at radius 3 is 2.71 bits per heavy atom. The number of nitrogens with zero attached hydrogens (tertiary/aromatic N) is 2. The molecule has 5 nitrogen and oxygen atoms in total. The summed E-state index contributed by atoms with van der Waals surface area (Å²) in [5.41, 5.74) is 1.01. The smallest absolute Gasteiger partial charge is 0.273 e. The standard InChI is InChI=1S/C9H16N4O/c1-6(2)4-5-10-9(14)8-7(3)11-13-12-8/h6H,4-5H2,1-3H3,(H,10,14)(H,11,12,13). The van der Waals surface area contributed by atoms with E-state index in [2.05, 4.69) is 34.6 Å². The van der Waals surface area contributed by atoms with Crippen molar-refractivity contribution < 1.29 is 4.79 Å². The average Bonchev–Trinajstić information content (AvgIpc) is 2.50. The van der Waals surface area contributed by atoms with Crippen molar-refractivity contribution in [3.63, 3.8) is 0 Å². The summed E-state index contributed by atoms with van der Waals surface area (Å²) in [6.45, 7) is 6.67. The van der Waals surface area contributed by atoms with Gasteiger partial charge in [0.1, 0.15) is 0 Å². The van der Waals surface area contributed by atoms with Crippen molar-refractivity contribution in [1.29, 1.82) is 0 Å². The molecule has 5 heteroatoms. The Morgan fingerprint density at radius 1 is 1.50 bits per heavy atom. The fourth-order valence-corrected chi connectivity index (χ4v) is 1.06. The van der Waals surface area contributed by atoms with Gasteiger partial charge in [0.05, 0.1) is 5.69 Å². The second-order valence-corrected chi connectivity index (χ2v) is 3.70. The first-order chi connectivity index (χ1) is 6.61. The molecule has 0 saturated heterocycles. The Bertz CT molecular complexity index is 306. The fraction of sp³-hybridized carbons (Fsp3) is 0.667. The SMILES string of the molecule is Cc1n[nH]nc1C(=O)NCCC(C)C. The predicted octanol–water partition coefficient (Wildman–Crippen LogP) is 0.889. The third kappa shape index (κ3) is 2.83. The Hall–Kier alpha value is -1.39. The Kier molecular flexibility index (Phi) is 3.62. The number of nitrogens with one attached hydrogen (secondary N) is 2. The van der Waals surface area contributed by atoms with Gasteiger partial charge in [0.2, 0.25) is 0 Å². The third-order valence-corrected chi connectivity index (χ3v) is 1.94. The Balaban J connectivity index is 2.40. The van der Waals surface area contributed by atoms with Gasteiger partial charge in [-0.1, -0.05) is 13.8 Å². The van der Waals surface area contributed by atoms with Crippen LogP contribution in [-0.2, 0) is 0 Å². The van der Waals surface area contributed by atoms with E-state index in [1.54, 1.807) is 6.92 Å². The summed E-state index contributed by atoms with van der Waals surface area (Å²) < 4.78 is 0. The van der Waals surface area contributed by atoms with E-state index in [0.29, 0.717) is 23.9 Å². The first-order valence-electron chi connectivity index (χ1n) is 4.77. The van der Waals surface area contributed by atoms with E-state index in [0.717, 1.165) is 6.42 Å². The quantitative estimate of drug-likeness (QED) is 0.751. The molecule has 0 aliphatic carbocycles. The lowest BCUT2D eigenvalue weighted by molar-refractivity contribution is 0.0946. The molecule has 1 aromatic heterocycles. The van der Waals surface area contributed by atoms with Crippen LogP contribution in [0.2, 0.25) is 0 Å². The van der Waals surface area contributed by atoms with Gasteiger partial charge in [-0.15, -0.1) is 0 Å². The highest BCUT2D eigenvalue weighted by Crippen LogP contribution is 2.00. The van der Waals surface area contributed by atoms with Crippen LogP contribution in [0.3, 0.4) is 0 Å². The minimum atomic E-state index is -0.156. The van der Waals surface area contributed by atoms with Gasteiger partial charge in [0, 0.05) is 6.54 Å². The molecule has 78 valence electrons. The maximum atomic E-state index is 11.5. The zero-order valence-corrected chi connectivity index (χ0v) is 8.79. The topological polar surface area (TPSA) is 70.7 Å².